The molecule has 1 aromatic rings. The van der Waals surface area contributed by atoms with E-state index in [9.17, 15) is 4.79 Å². The van der Waals surface area contributed by atoms with Crippen molar-refractivity contribution in [2.24, 2.45) is 11.7 Å². The Bertz CT molecular complexity index is 409. The summed E-state index contributed by atoms with van der Waals surface area (Å²) in [6, 6.07) is 7.08. The predicted octanol–water partition coefficient (Wildman–Crippen LogP) is 2.60. The third-order valence-corrected chi connectivity index (χ3v) is 3.53. The Balaban J connectivity index is 2.40. The van der Waals surface area contributed by atoms with Crippen molar-refractivity contribution in [2.75, 3.05) is 13.2 Å². The number of carbonyl (C=O) groups excluding carboxylic acids is 1. The van der Waals surface area contributed by atoms with Gasteiger partial charge in [-0.3, -0.25) is 4.79 Å². The van der Waals surface area contributed by atoms with Crippen molar-refractivity contribution in [2.45, 2.75) is 32.7 Å². The SMILES string of the molecule is CCC(NC(=O)COc1ccc(Cl)cc1)C(C)CCN. The predicted molar refractivity (Wildman–Crippen MR) is 82.0 cm³/mol. The largest absolute Gasteiger partial charge is 0.484 e. The highest BCUT2D eigenvalue weighted by Gasteiger charge is 2.17. The van der Waals surface area contributed by atoms with Gasteiger partial charge in [0.1, 0.15) is 5.75 Å². The Morgan fingerprint density at radius 3 is 2.60 bits per heavy atom. The fraction of sp³-hybridized carbons (Fsp3) is 0.533. The maximum absolute atomic E-state index is 11.9. The van der Waals surface area contributed by atoms with Crippen molar-refractivity contribution in [3.8, 4) is 5.75 Å². The highest BCUT2D eigenvalue weighted by molar-refractivity contribution is 6.30. The molecule has 2 unspecified atom stereocenters. The molecule has 0 aliphatic heterocycles. The Morgan fingerprint density at radius 2 is 2.05 bits per heavy atom. The topological polar surface area (TPSA) is 64.3 Å². The number of benzene rings is 1. The number of carbonyl (C=O) groups is 1. The van der Waals surface area contributed by atoms with E-state index in [-0.39, 0.29) is 18.6 Å². The highest BCUT2D eigenvalue weighted by Crippen LogP contribution is 2.15. The molecule has 0 spiro atoms. The van der Waals surface area contributed by atoms with E-state index in [4.69, 9.17) is 22.1 Å². The first-order valence-corrected chi connectivity index (χ1v) is 7.32. The Kier molecular flexibility index (Phi) is 7.41. The molecule has 0 aliphatic rings. The molecule has 1 amide bonds. The van der Waals surface area contributed by atoms with Crippen LogP contribution >= 0.6 is 11.6 Å². The third-order valence-electron chi connectivity index (χ3n) is 3.28. The van der Waals surface area contributed by atoms with Gasteiger partial charge in [-0.05, 0) is 49.6 Å². The second kappa shape index (κ2) is 8.82. The molecule has 0 heterocycles. The maximum Gasteiger partial charge on any atom is 0.258 e. The van der Waals surface area contributed by atoms with E-state index in [0.29, 0.717) is 23.2 Å². The summed E-state index contributed by atoms with van der Waals surface area (Å²) >= 11 is 5.78. The van der Waals surface area contributed by atoms with Crippen LogP contribution in [0.1, 0.15) is 26.7 Å². The lowest BCUT2D eigenvalue weighted by Gasteiger charge is -2.23. The molecule has 0 saturated carbocycles. The molecule has 5 heteroatoms. The molecule has 0 bridgehead atoms. The van der Waals surface area contributed by atoms with Gasteiger partial charge in [0.25, 0.3) is 5.91 Å². The van der Waals surface area contributed by atoms with Gasteiger partial charge in [0, 0.05) is 11.1 Å². The van der Waals surface area contributed by atoms with Gasteiger partial charge in [-0.1, -0.05) is 25.4 Å². The minimum absolute atomic E-state index is 0.00742. The zero-order valence-corrected chi connectivity index (χ0v) is 12.8. The van der Waals surface area contributed by atoms with E-state index in [1.807, 2.05) is 0 Å². The standard InChI is InChI=1S/C15H23ClN2O2/c1-3-14(11(2)8-9-17)18-15(19)10-20-13-6-4-12(16)5-7-13/h4-7,11,14H,3,8-10,17H2,1-2H3,(H,18,19). The fourth-order valence-corrected chi connectivity index (χ4v) is 2.16. The van der Waals surface area contributed by atoms with Crippen LogP contribution in [0.15, 0.2) is 24.3 Å². The number of nitrogens with one attached hydrogen (secondary N) is 1. The van der Waals surface area contributed by atoms with Gasteiger partial charge in [-0.25, -0.2) is 0 Å². The molecule has 0 aliphatic carbocycles. The molecule has 2 atom stereocenters. The second-order valence-electron chi connectivity index (χ2n) is 4.88. The van der Waals surface area contributed by atoms with Crippen LogP contribution in [0.4, 0.5) is 0 Å². The van der Waals surface area contributed by atoms with Crippen molar-refractivity contribution in [1.29, 1.82) is 0 Å². The lowest BCUT2D eigenvalue weighted by molar-refractivity contribution is -0.124. The monoisotopic (exact) mass is 298 g/mol. The molecule has 1 rings (SSSR count). The summed E-state index contributed by atoms with van der Waals surface area (Å²) in [6.07, 6.45) is 1.78. The van der Waals surface area contributed by atoms with E-state index >= 15 is 0 Å². The summed E-state index contributed by atoms with van der Waals surface area (Å²) in [5, 5.41) is 3.63. The zero-order chi connectivity index (χ0) is 15.0. The number of hydrogen-bond acceptors (Lipinski definition) is 3. The number of hydrogen-bond donors (Lipinski definition) is 2. The van der Waals surface area contributed by atoms with Crippen LogP contribution in [0, 0.1) is 5.92 Å². The van der Waals surface area contributed by atoms with Gasteiger partial charge < -0.3 is 15.8 Å². The van der Waals surface area contributed by atoms with Crippen molar-refractivity contribution in [3.63, 3.8) is 0 Å². The summed E-state index contributed by atoms with van der Waals surface area (Å²) in [5.41, 5.74) is 5.55. The summed E-state index contributed by atoms with van der Waals surface area (Å²) in [7, 11) is 0. The lowest BCUT2D eigenvalue weighted by Crippen LogP contribution is -2.41. The van der Waals surface area contributed by atoms with Gasteiger partial charge >= 0.3 is 0 Å². The normalized spacial score (nSPS) is 13.6. The highest BCUT2D eigenvalue weighted by atomic mass is 35.5. The number of rotatable bonds is 8. The first-order valence-electron chi connectivity index (χ1n) is 6.94. The van der Waals surface area contributed by atoms with E-state index in [2.05, 4.69) is 19.2 Å². The molecule has 4 nitrogen and oxygen atoms in total. The zero-order valence-electron chi connectivity index (χ0n) is 12.1. The van der Waals surface area contributed by atoms with Gasteiger partial charge in [-0.2, -0.15) is 0 Å². The third kappa shape index (κ3) is 5.80. The van der Waals surface area contributed by atoms with E-state index < -0.39 is 0 Å². The van der Waals surface area contributed by atoms with E-state index in [1.54, 1.807) is 24.3 Å². The molecule has 112 valence electrons. The van der Waals surface area contributed by atoms with Crippen molar-refractivity contribution in [3.05, 3.63) is 29.3 Å². The average molecular weight is 299 g/mol. The Labute approximate surface area is 125 Å². The maximum atomic E-state index is 11.9. The van der Waals surface area contributed by atoms with E-state index in [1.165, 1.54) is 0 Å². The lowest BCUT2D eigenvalue weighted by atomic mass is 9.96. The number of nitrogens with two attached hydrogens (primary N) is 1. The van der Waals surface area contributed by atoms with E-state index in [0.717, 1.165) is 12.8 Å². The van der Waals surface area contributed by atoms with Crippen LogP contribution in [0.25, 0.3) is 0 Å². The number of ether oxygens (including phenoxy) is 1. The van der Waals surface area contributed by atoms with Crippen LogP contribution in [0.5, 0.6) is 5.75 Å². The van der Waals surface area contributed by atoms with Crippen LogP contribution in [-0.4, -0.2) is 25.1 Å². The molecule has 0 fully saturated rings. The minimum atomic E-state index is -0.115. The van der Waals surface area contributed by atoms with Crippen LogP contribution < -0.4 is 15.8 Å². The Hall–Kier alpha value is -1.26. The van der Waals surface area contributed by atoms with Crippen molar-refractivity contribution >= 4 is 17.5 Å². The van der Waals surface area contributed by atoms with Crippen molar-refractivity contribution < 1.29 is 9.53 Å². The van der Waals surface area contributed by atoms with Crippen LogP contribution in [0.3, 0.4) is 0 Å². The molecular formula is C15H23ClN2O2. The molecule has 20 heavy (non-hydrogen) atoms. The van der Waals surface area contributed by atoms with Gasteiger partial charge in [0.05, 0.1) is 0 Å². The smallest absolute Gasteiger partial charge is 0.258 e. The summed E-state index contributed by atoms with van der Waals surface area (Å²) in [6.45, 7) is 4.79. The minimum Gasteiger partial charge on any atom is -0.484 e. The number of amides is 1. The van der Waals surface area contributed by atoms with Gasteiger partial charge in [0.15, 0.2) is 6.61 Å². The molecule has 1 aromatic carbocycles. The van der Waals surface area contributed by atoms with Gasteiger partial charge in [-0.15, -0.1) is 0 Å². The summed E-state index contributed by atoms with van der Waals surface area (Å²) < 4.78 is 5.41. The molecule has 3 N–H and O–H groups in total. The molecule has 0 saturated heterocycles. The quantitative estimate of drug-likeness (QED) is 0.775. The first kappa shape index (κ1) is 16.8. The fourth-order valence-electron chi connectivity index (χ4n) is 2.04. The van der Waals surface area contributed by atoms with Crippen LogP contribution in [0.2, 0.25) is 5.02 Å². The average Bonchev–Trinajstić information content (AvgIpc) is 2.44. The van der Waals surface area contributed by atoms with Gasteiger partial charge in [0.2, 0.25) is 0 Å². The summed E-state index contributed by atoms with van der Waals surface area (Å²) in [5.74, 6) is 0.882. The molecular weight excluding hydrogens is 276 g/mol. The second-order valence-corrected chi connectivity index (χ2v) is 5.32. The van der Waals surface area contributed by atoms with Crippen molar-refractivity contribution in [1.82, 2.24) is 5.32 Å². The Morgan fingerprint density at radius 1 is 1.40 bits per heavy atom. The van der Waals surface area contributed by atoms with Crippen LogP contribution in [-0.2, 0) is 4.79 Å². The first-order chi connectivity index (χ1) is 9.56. The summed E-state index contributed by atoms with van der Waals surface area (Å²) in [4.78, 5) is 11.9. The molecule has 0 radical (unpaired) electrons. The number of halogens is 1. The molecule has 0 aromatic heterocycles.